The molecule has 0 aliphatic carbocycles. The maximum Gasteiger partial charge on any atom is 0.167 e. The molecule has 2 aromatic heterocycles. The number of rotatable bonds is 2. The monoisotopic (exact) mass is 259 g/mol. The Bertz CT molecular complexity index is 763. The Morgan fingerprint density at radius 1 is 1.33 bits per heavy atom. The highest BCUT2D eigenvalue weighted by atomic mass is 32.1. The number of nitrogens with one attached hydrogen (secondary N) is 1. The quantitative estimate of drug-likeness (QED) is 0.712. The largest absolute Gasteiger partial charge is 0.494 e. The summed E-state index contributed by atoms with van der Waals surface area (Å²) in [6.45, 7) is 0. The van der Waals surface area contributed by atoms with E-state index in [2.05, 4.69) is 20.3 Å². The van der Waals surface area contributed by atoms with E-state index in [1.165, 1.54) is 6.33 Å². The number of hydrogen-bond donors (Lipinski definition) is 1. The Hall–Kier alpha value is -2.28. The van der Waals surface area contributed by atoms with Crippen LogP contribution in [0.25, 0.3) is 16.9 Å². The minimum atomic E-state index is 0.421. The van der Waals surface area contributed by atoms with Gasteiger partial charge in [-0.3, -0.25) is 0 Å². The summed E-state index contributed by atoms with van der Waals surface area (Å²) in [4.78, 5) is 6.96. The van der Waals surface area contributed by atoms with Gasteiger partial charge in [0.15, 0.2) is 15.8 Å². The number of hydrogen-bond acceptors (Lipinski definition) is 5. The fourth-order valence-corrected chi connectivity index (χ4v) is 1.93. The summed E-state index contributed by atoms with van der Waals surface area (Å²) in [6, 6.07) is 7.55. The van der Waals surface area contributed by atoms with Crippen LogP contribution in [0.5, 0.6) is 5.75 Å². The lowest BCUT2D eigenvalue weighted by Crippen LogP contribution is -2.00. The van der Waals surface area contributed by atoms with E-state index in [9.17, 15) is 0 Å². The molecule has 3 rings (SSSR count). The molecular formula is C11H9N5OS. The molecule has 0 radical (unpaired) electrons. The zero-order valence-corrected chi connectivity index (χ0v) is 10.3. The molecule has 1 N–H and O–H groups in total. The summed E-state index contributed by atoms with van der Waals surface area (Å²) in [5, 5.41) is 8.11. The molecule has 0 amide bonds. The van der Waals surface area contributed by atoms with Crippen molar-refractivity contribution in [3.05, 3.63) is 35.2 Å². The zero-order valence-electron chi connectivity index (χ0n) is 9.49. The topological polar surface area (TPSA) is 68.6 Å². The highest BCUT2D eigenvalue weighted by Gasteiger charge is 2.11. The maximum absolute atomic E-state index is 5.30. The van der Waals surface area contributed by atoms with Gasteiger partial charge in [-0.1, -0.05) is 29.6 Å². The van der Waals surface area contributed by atoms with Crippen LogP contribution in [0.3, 0.4) is 0 Å². The Labute approximate surface area is 107 Å². The first-order chi connectivity index (χ1) is 8.81. The van der Waals surface area contributed by atoms with Crippen LogP contribution < -0.4 is 4.74 Å². The number of methoxy groups -OCH3 is 1. The Morgan fingerprint density at radius 2 is 2.17 bits per heavy atom. The molecule has 1 aromatic carbocycles. The first-order valence-corrected chi connectivity index (χ1v) is 5.64. The SMILES string of the molecule is COc1ccccc1-n1nnc2c(=S)nc[nH]c21. The van der Waals surface area contributed by atoms with E-state index in [0.717, 1.165) is 5.69 Å². The van der Waals surface area contributed by atoms with Crippen LogP contribution in [0.1, 0.15) is 0 Å². The molecule has 0 saturated heterocycles. The van der Waals surface area contributed by atoms with Crippen LogP contribution >= 0.6 is 12.2 Å². The fourth-order valence-electron chi connectivity index (χ4n) is 1.74. The molecule has 3 aromatic rings. The van der Waals surface area contributed by atoms with E-state index in [-0.39, 0.29) is 0 Å². The molecule has 0 saturated carbocycles. The van der Waals surface area contributed by atoms with Gasteiger partial charge in [0.25, 0.3) is 0 Å². The van der Waals surface area contributed by atoms with Gasteiger partial charge >= 0.3 is 0 Å². The van der Waals surface area contributed by atoms with Crippen LogP contribution in [-0.2, 0) is 0 Å². The van der Waals surface area contributed by atoms with Crippen LogP contribution in [0.4, 0.5) is 0 Å². The van der Waals surface area contributed by atoms with Crippen molar-refractivity contribution in [2.24, 2.45) is 0 Å². The predicted octanol–water partition coefficient (Wildman–Crippen LogP) is 1.88. The molecule has 0 unspecified atom stereocenters. The van der Waals surface area contributed by atoms with E-state index in [4.69, 9.17) is 17.0 Å². The van der Waals surface area contributed by atoms with Crippen molar-refractivity contribution in [1.29, 1.82) is 0 Å². The van der Waals surface area contributed by atoms with E-state index in [1.54, 1.807) is 11.8 Å². The van der Waals surface area contributed by atoms with E-state index < -0.39 is 0 Å². The summed E-state index contributed by atoms with van der Waals surface area (Å²) in [5.74, 6) is 0.709. The van der Waals surface area contributed by atoms with Crippen LogP contribution in [0.2, 0.25) is 0 Å². The first kappa shape index (κ1) is 10.8. The van der Waals surface area contributed by atoms with Gasteiger partial charge in [-0.25, -0.2) is 4.98 Å². The lowest BCUT2D eigenvalue weighted by molar-refractivity contribution is 0.411. The first-order valence-electron chi connectivity index (χ1n) is 5.24. The molecule has 0 aliphatic rings. The lowest BCUT2D eigenvalue weighted by Gasteiger charge is -2.07. The number of benzene rings is 1. The molecule has 6 nitrogen and oxygen atoms in total. The van der Waals surface area contributed by atoms with Crippen molar-refractivity contribution < 1.29 is 4.74 Å². The summed E-state index contributed by atoms with van der Waals surface area (Å²) in [6.07, 6.45) is 1.53. The Kier molecular flexibility index (Phi) is 2.52. The van der Waals surface area contributed by atoms with Gasteiger partial charge in [0.05, 0.1) is 13.4 Å². The number of aromatic nitrogens is 5. The normalized spacial score (nSPS) is 10.7. The van der Waals surface area contributed by atoms with E-state index >= 15 is 0 Å². The van der Waals surface area contributed by atoms with Crippen LogP contribution in [0, 0.1) is 4.64 Å². The second-order valence-corrected chi connectivity index (χ2v) is 3.96. The second kappa shape index (κ2) is 4.19. The smallest absolute Gasteiger partial charge is 0.167 e. The molecule has 0 atom stereocenters. The Morgan fingerprint density at radius 3 is 3.00 bits per heavy atom. The van der Waals surface area contributed by atoms with Crippen LogP contribution in [0.15, 0.2) is 30.6 Å². The number of para-hydroxylation sites is 2. The van der Waals surface area contributed by atoms with Crippen molar-refractivity contribution >= 4 is 23.4 Å². The molecule has 2 heterocycles. The molecular weight excluding hydrogens is 250 g/mol. The minimum absolute atomic E-state index is 0.421. The van der Waals surface area contributed by atoms with Gasteiger partial charge in [0, 0.05) is 0 Å². The summed E-state index contributed by atoms with van der Waals surface area (Å²) >= 11 is 5.10. The standard InChI is InChI=1S/C11H9N5OS/c1-17-8-5-3-2-4-7(8)16-10-9(14-15-16)11(18)13-6-12-10/h2-6H,1H3,(H,12,13,18). The average molecular weight is 259 g/mol. The van der Waals surface area contributed by atoms with Gasteiger partial charge in [-0.2, -0.15) is 4.68 Å². The van der Waals surface area contributed by atoms with E-state index in [1.807, 2.05) is 24.3 Å². The van der Waals surface area contributed by atoms with Gasteiger partial charge in [0.2, 0.25) is 0 Å². The average Bonchev–Trinajstić information content (AvgIpc) is 2.84. The highest BCUT2D eigenvalue weighted by molar-refractivity contribution is 7.71. The Balaban J connectivity index is 2.33. The minimum Gasteiger partial charge on any atom is -0.494 e. The predicted molar refractivity (Wildman–Crippen MR) is 68.4 cm³/mol. The summed E-state index contributed by atoms with van der Waals surface area (Å²) in [7, 11) is 1.61. The van der Waals surface area contributed by atoms with E-state index in [0.29, 0.717) is 21.6 Å². The molecule has 0 fully saturated rings. The maximum atomic E-state index is 5.30. The van der Waals surface area contributed by atoms with Crippen molar-refractivity contribution in [2.75, 3.05) is 7.11 Å². The molecule has 90 valence electrons. The van der Waals surface area contributed by atoms with Crippen LogP contribution in [-0.4, -0.2) is 32.1 Å². The third kappa shape index (κ3) is 1.56. The highest BCUT2D eigenvalue weighted by Crippen LogP contribution is 2.23. The van der Waals surface area contributed by atoms with Crippen molar-refractivity contribution in [2.45, 2.75) is 0 Å². The number of nitrogens with zero attached hydrogens (tertiary/aromatic N) is 4. The fraction of sp³-hybridized carbons (Fsp3) is 0.0909. The third-order valence-corrected chi connectivity index (χ3v) is 2.87. The van der Waals surface area contributed by atoms with Gasteiger partial charge < -0.3 is 9.72 Å². The number of H-pyrrole nitrogens is 1. The summed E-state index contributed by atoms with van der Waals surface area (Å²) in [5.41, 5.74) is 2.05. The van der Waals surface area contributed by atoms with Gasteiger partial charge in [-0.05, 0) is 12.1 Å². The molecule has 7 heteroatoms. The molecule has 0 spiro atoms. The molecule has 18 heavy (non-hydrogen) atoms. The molecule has 0 bridgehead atoms. The van der Waals surface area contributed by atoms with Crippen molar-refractivity contribution in [3.63, 3.8) is 0 Å². The number of aromatic amines is 1. The lowest BCUT2D eigenvalue weighted by atomic mass is 10.3. The van der Waals surface area contributed by atoms with Crippen molar-refractivity contribution in [1.82, 2.24) is 25.0 Å². The second-order valence-electron chi connectivity index (χ2n) is 3.58. The zero-order chi connectivity index (χ0) is 12.5. The summed E-state index contributed by atoms with van der Waals surface area (Å²) < 4.78 is 7.37. The number of fused-ring (bicyclic) bond motifs is 1. The van der Waals surface area contributed by atoms with Gasteiger partial charge in [0.1, 0.15) is 11.4 Å². The molecule has 0 aliphatic heterocycles. The number of ether oxygens (including phenoxy) is 1. The van der Waals surface area contributed by atoms with Crippen molar-refractivity contribution in [3.8, 4) is 11.4 Å². The van der Waals surface area contributed by atoms with Gasteiger partial charge in [-0.15, -0.1) is 5.10 Å². The third-order valence-electron chi connectivity index (χ3n) is 2.57.